The third-order valence-corrected chi connectivity index (χ3v) is 5.84. The van der Waals surface area contributed by atoms with Crippen LogP contribution in [-0.2, 0) is 17.8 Å². The van der Waals surface area contributed by atoms with E-state index in [0.29, 0.717) is 24.4 Å². The predicted molar refractivity (Wildman–Crippen MR) is 118 cm³/mol. The Kier molecular flexibility index (Phi) is 6.41. The Hall–Kier alpha value is -2.76. The summed E-state index contributed by atoms with van der Waals surface area (Å²) < 4.78 is 5.40. The van der Waals surface area contributed by atoms with Crippen LogP contribution >= 0.6 is 0 Å². The second-order valence-electron chi connectivity index (χ2n) is 7.99. The number of pyridine rings is 1. The van der Waals surface area contributed by atoms with Gasteiger partial charge in [0.25, 0.3) is 5.91 Å². The van der Waals surface area contributed by atoms with Gasteiger partial charge >= 0.3 is 0 Å². The van der Waals surface area contributed by atoms with Crippen molar-refractivity contribution < 1.29 is 14.6 Å². The van der Waals surface area contributed by atoms with Gasteiger partial charge in [0.2, 0.25) is 0 Å². The van der Waals surface area contributed by atoms with Gasteiger partial charge in [-0.05, 0) is 54.5 Å². The Morgan fingerprint density at radius 2 is 1.87 bits per heavy atom. The number of carbonyl (C=O) groups excluding carboxylic acids is 1. The van der Waals surface area contributed by atoms with Crippen LogP contribution in [0.5, 0.6) is 0 Å². The maximum atomic E-state index is 12.9. The number of nitrogens with one attached hydrogen (secondary N) is 1. The smallest absolute Gasteiger partial charge is 0.251 e. The van der Waals surface area contributed by atoms with Crippen molar-refractivity contribution in [1.82, 2.24) is 10.3 Å². The van der Waals surface area contributed by atoms with Gasteiger partial charge in [-0.15, -0.1) is 0 Å². The molecule has 1 aliphatic rings. The molecule has 4 rings (SSSR count). The predicted octanol–water partition coefficient (Wildman–Crippen LogP) is 3.78. The molecule has 1 aliphatic heterocycles. The number of ether oxygens (including phenoxy) is 1. The summed E-state index contributed by atoms with van der Waals surface area (Å²) in [7, 11) is 0. The van der Waals surface area contributed by atoms with Crippen molar-refractivity contribution in [2.24, 2.45) is 5.92 Å². The first-order valence-electron chi connectivity index (χ1n) is 10.6. The number of aliphatic hydroxyl groups excluding tert-OH is 1. The van der Waals surface area contributed by atoms with E-state index >= 15 is 0 Å². The molecule has 0 spiro atoms. The van der Waals surface area contributed by atoms with E-state index in [1.54, 1.807) is 0 Å². The minimum atomic E-state index is -0.0301. The number of hydrogen-bond donors (Lipinski definition) is 2. The van der Waals surface area contributed by atoms with Crippen molar-refractivity contribution in [1.29, 1.82) is 0 Å². The Balaban J connectivity index is 1.59. The standard InChI is InChI=1S/C25H28N2O3/c1-17-13-21(16-28)22-8-4-6-20(24(22)27-17)14-19-5-2-3-7-23(19)25(29)26-15-18-9-11-30-12-10-18/h2-8,13,18,28H,9-12,14-16H2,1H3,(H,26,29). The normalized spacial score (nSPS) is 14.7. The first-order chi connectivity index (χ1) is 14.7. The minimum Gasteiger partial charge on any atom is -0.392 e. The van der Waals surface area contributed by atoms with E-state index in [0.717, 1.165) is 59.3 Å². The lowest BCUT2D eigenvalue weighted by atomic mass is 9.95. The molecule has 2 N–H and O–H groups in total. The molecule has 5 nitrogen and oxygen atoms in total. The molecular formula is C25H28N2O3. The van der Waals surface area contributed by atoms with Crippen molar-refractivity contribution in [3.63, 3.8) is 0 Å². The lowest BCUT2D eigenvalue weighted by Crippen LogP contribution is -2.32. The first-order valence-corrected chi connectivity index (χ1v) is 10.6. The Morgan fingerprint density at radius 1 is 1.10 bits per heavy atom. The number of aromatic nitrogens is 1. The van der Waals surface area contributed by atoms with Crippen molar-refractivity contribution in [3.8, 4) is 0 Å². The third-order valence-electron chi connectivity index (χ3n) is 5.84. The zero-order chi connectivity index (χ0) is 20.9. The molecule has 0 aliphatic carbocycles. The highest BCUT2D eigenvalue weighted by Gasteiger charge is 2.17. The van der Waals surface area contributed by atoms with Crippen LogP contribution in [0.2, 0.25) is 0 Å². The average Bonchev–Trinajstić information content (AvgIpc) is 2.78. The van der Waals surface area contributed by atoms with E-state index in [4.69, 9.17) is 9.72 Å². The van der Waals surface area contributed by atoms with Crippen molar-refractivity contribution in [2.45, 2.75) is 32.8 Å². The zero-order valence-corrected chi connectivity index (χ0v) is 17.4. The topological polar surface area (TPSA) is 71.5 Å². The summed E-state index contributed by atoms with van der Waals surface area (Å²) in [5, 5.41) is 13.8. The number of amides is 1. The van der Waals surface area contributed by atoms with E-state index in [9.17, 15) is 9.90 Å². The minimum absolute atomic E-state index is 0.0193. The van der Waals surface area contributed by atoms with E-state index in [2.05, 4.69) is 5.32 Å². The Bertz CT molecular complexity index is 1040. The van der Waals surface area contributed by atoms with Gasteiger partial charge in [-0.1, -0.05) is 36.4 Å². The molecule has 30 heavy (non-hydrogen) atoms. The van der Waals surface area contributed by atoms with Gasteiger partial charge in [0.1, 0.15) is 0 Å². The molecule has 5 heteroatoms. The van der Waals surface area contributed by atoms with Crippen molar-refractivity contribution in [2.75, 3.05) is 19.8 Å². The number of para-hydroxylation sites is 1. The monoisotopic (exact) mass is 404 g/mol. The van der Waals surface area contributed by atoms with E-state index in [1.807, 2.05) is 55.5 Å². The molecule has 0 atom stereocenters. The Morgan fingerprint density at radius 3 is 2.67 bits per heavy atom. The largest absolute Gasteiger partial charge is 0.392 e. The third kappa shape index (κ3) is 4.53. The maximum absolute atomic E-state index is 12.9. The lowest BCUT2D eigenvalue weighted by Gasteiger charge is -2.22. The van der Waals surface area contributed by atoms with Gasteiger partial charge in [0.05, 0.1) is 12.1 Å². The quantitative estimate of drug-likeness (QED) is 0.656. The molecule has 1 amide bonds. The molecule has 2 aromatic carbocycles. The van der Waals surface area contributed by atoms with Gasteiger partial charge in [-0.2, -0.15) is 0 Å². The molecule has 2 heterocycles. The van der Waals surface area contributed by atoms with Crippen molar-refractivity contribution >= 4 is 16.8 Å². The molecule has 1 fully saturated rings. The summed E-state index contributed by atoms with van der Waals surface area (Å²) in [6.07, 6.45) is 2.60. The van der Waals surface area contributed by atoms with E-state index < -0.39 is 0 Å². The summed E-state index contributed by atoms with van der Waals surface area (Å²) in [6, 6.07) is 15.7. The van der Waals surface area contributed by atoms with Gasteiger partial charge in [-0.25, -0.2) is 0 Å². The summed E-state index contributed by atoms with van der Waals surface area (Å²) in [5.74, 6) is 0.453. The number of hydrogen-bond acceptors (Lipinski definition) is 4. The van der Waals surface area contributed by atoms with Crippen LogP contribution in [0.3, 0.4) is 0 Å². The summed E-state index contributed by atoms with van der Waals surface area (Å²) >= 11 is 0. The number of aliphatic hydroxyl groups is 1. The summed E-state index contributed by atoms with van der Waals surface area (Å²) in [5.41, 5.74) is 5.37. The number of benzene rings is 2. The fourth-order valence-electron chi connectivity index (χ4n) is 4.18. The zero-order valence-electron chi connectivity index (χ0n) is 17.4. The van der Waals surface area contributed by atoms with Crippen LogP contribution < -0.4 is 5.32 Å². The highest BCUT2D eigenvalue weighted by Crippen LogP contribution is 2.25. The van der Waals surface area contributed by atoms with E-state index in [1.165, 1.54) is 0 Å². The number of rotatable bonds is 6. The van der Waals surface area contributed by atoms with E-state index in [-0.39, 0.29) is 12.5 Å². The van der Waals surface area contributed by atoms with Crippen LogP contribution in [0.25, 0.3) is 10.9 Å². The second-order valence-corrected chi connectivity index (χ2v) is 7.99. The molecule has 0 unspecified atom stereocenters. The van der Waals surface area contributed by atoms with Gasteiger partial charge < -0.3 is 15.2 Å². The summed E-state index contributed by atoms with van der Waals surface area (Å²) in [6.45, 7) is 4.16. The lowest BCUT2D eigenvalue weighted by molar-refractivity contribution is 0.0642. The fourth-order valence-corrected chi connectivity index (χ4v) is 4.18. The molecule has 0 radical (unpaired) electrons. The maximum Gasteiger partial charge on any atom is 0.251 e. The number of nitrogens with zero attached hydrogens (tertiary/aromatic N) is 1. The molecule has 1 saturated heterocycles. The van der Waals surface area contributed by atoms with Crippen LogP contribution in [0.15, 0.2) is 48.5 Å². The SMILES string of the molecule is Cc1cc(CO)c2cccc(Cc3ccccc3C(=O)NCC3CCOCC3)c2n1. The van der Waals surface area contributed by atoms with Gasteiger partial charge in [0, 0.05) is 42.8 Å². The molecule has 1 aromatic heterocycles. The highest BCUT2D eigenvalue weighted by molar-refractivity contribution is 5.96. The fraction of sp³-hybridized carbons (Fsp3) is 0.360. The molecule has 0 bridgehead atoms. The van der Waals surface area contributed by atoms with Crippen LogP contribution in [0.1, 0.15) is 45.6 Å². The molecule has 3 aromatic rings. The second kappa shape index (κ2) is 9.37. The Labute approximate surface area is 177 Å². The average molecular weight is 405 g/mol. The van der Waals surface area contributed by atoms with Crippen LogP contribution in [0.4, 0.5) is 0 Å². The van der Waals surface area contributed by atoms with Crippen molar-refractivity contribution in [3.05, 3.63) is 76.5 Å². The highest BCUT2D eigenvalue weighted by atomic mass is 16.5. The first kappa shape index (κ1) is 20.5. The molecular weight excluding hydrogens is 376 g/mol. The van der Waals surface area contributed by atoms with Gasteiger partial charge in [0.15, 0.2) is 0 Å². The van der Waals surface area contributed by atoms with Crippen LogP contribution in [0, 0.1) is 12.8 Å². The summed E-state index contributed by atoms with van der Waals surface area (Å²) in [4.78, 5) is 17.7. The number of fused-ring (bicyclic) bond motifs is 1. The van der Waals surface area contributed by atoms with Crippen LogP contribution in [-0.4, -0.2) is 35.8 Å². The van der Waals surface area contributed by atoms with Gasteiger partial charge in [-0.3, -0.25) is 9.78 Å². The molecule has 156 valence electrons. The molecule has 0 saturated carbocycles. The number of carbonyl (C=O) groups is 1. The number of aryl methyl sites for hydroxylation is 1.